The van der Waals surface area contributed by atoms with Crippen LogP contribution in [0.5, 0.6) is 0 Å². The lowest BCUT2D eigenvalue weighted by Gasteiger charge is -2.11. The number of furan rings is 1. The Balaban J connectivity index is 1.36. The lowest BCUT2D eigenvalue weighted by atomic mass is 9.92. The summed E-state index contributed by atoms with van der Waals surface area (Å²) < 4.78 is 11.4. The average molecular weight is 592 g/mol. The molecule has 0 aliphatic heterocycles. The first-order valence-electron chi connectivity index (χ1n) is 15.3. The second kappa shape index (κ2) is 9.43. The maximum Gasteiger partial charge on any atom is 0.136 e. The number of aromatic nitrogens is 1. The highest BCUT2D eigenvalue weighted by Crippen LogP contribution is 2.49. The number of para-hydroxylation sites is 3. The Labute approximate surface area is 263 Å². The van der Waals surface area contributed by atoms with Crippen LogP contribution >= 0.6 is 11.3 Å². The summed E-state index contributed by atoms with van der Waals surface area (Å²) in [6.45, 7) is 0. The van der Waals surface area contributed by atoms with Gasteiger partial charge in [0.25, 0.3) is 0 Å². The summed E-state index contributed by atoms with van der Waals surface area (Å²) >= 11 is 1.90. The van der Waals surface area contributed by atoms with Crippen molar-refractivity contribution in [3.63, 3.8) is 0 Å². The van der Waals surface area contributed by atoms with Crippen molar-refractivity contribution >= 4 is 75.3 Å². The zero-order valence-corrected chi connectivity index (χ0v) is 25.0. The first-order chi connectivity index (χ1) is 22.3. The predicted molar refractivity (Wildman–Crippen MR) is 192 cm³/mol. The van der Waals surface area contributed by atoms with Crippen LogP contribution in [0.1, 0.15) is 0 Å². The van der Waals surface area contributed by atoms with Crippen molar-refractivity contribution in [2.75, 3.05) is 0 Å². The number of benzene rings is 7. The Morgan fingerprint density at radius 1 is 0.400 bits per heavy atom. The third-order valence-electron chi connectivity index (χ3n) is 9.22. The lowest BCUT2D eigenvalue weighted by Crippen LogP contribution is -1.93. The van der Waals surface area contributed by atoms with Gasteiger partial charge in [-0.1, -0.05) is 121 Å². The van der Waals surface area contributed by atoms with Crippen molar-refractivity contribution in [2.24, 2.45) is 0 Å². The molecule has 0 unspecified atom stereocenters. The van der Waals surface area contributed by atoms with Gasteiger partial charge in [-0.3, -0.25) is 0 Å². The number of fused-ring (bicyclic) bond motifs is 9. The van der Waals surface area contributed by atoms with Crippen LogP contribution in [-0.2, 0) is 0 Å². The van der Waals surface area contributed by atoms with Crippen LogP contribution in [0, 0.1) is 0 Å². The first-order valence-corrected chi connectivity index (χ1v) is 16.1. The molecule has 0 amide bonds. The largest absolute Gasteiger partial charge is 0.456 e. The van der Waals surface area contributed by atoms with Gasteiger partial charge in [-0.2, -0.15) is 0 Å². The molecule has 3 heterocycles. The smallest absolute Gasteiger partial charge is 0.136 e. The van der Waals surface area contributed by atoms with Crippen LogP contribution in [-0.4, -0.2) is 4.57 Å². The van der Waals surface area contributed by atoms with Crippen molar-refractivity contribution in [3.05, 3.63) is 152 Å². The summed E-state index contributed by atoms with van der Waals surface area (Å²) in [5.41, 5.74) is 10.4. The minimum Gasteiger partial charge on any atom is -0.456 e. The van der Waals surface area contributed by atoms with E-state index in [9.17, 15) is 0 Å². The highest BCUT2D eigenvalue weighted by atomic mass is 32.1. The van der Waals surface area contributed by atoms with Gasteiger partial charge >= 0.3 is 0 Å². The molecular weight excluding hydrogens is 567 g/mol. The molecule has 0 aliphatic rings. The molecular formula is C42H25NOS. The molecule has 0 fully saturated rings. The maximum atomic E-state index is 6.34. The fourth-order valence-corrected chi connectivity index (χ4v) is 8.68. The fourth-order valence-electron chi connectivity index (χ4n) is 7.31. The summed E-state index contributed by atoms with van der Waals surface area (Å²) in [5.74, 6) is 0. The fraction of sp³-hybridized carbons (Fsp3) is 0. The zero-order valence-electron chi connectivity index (χ0n) is 24.2. The van der Waals surface area contributed by atoms with Crippen molar-refractivity contribution in [2.45, 2.75) is 0 Å². The lowest BCUT2D eigenvalue weighted by molar-refractivity contribution is 0.669. The summed E-state index contributed by atoms with van der Waals surface area (Å²) in [6.07, 6.45) is 0. The molecule has 0 N–H and O–H groups in total. The molecule has 7 aromatic carbocycles. The van der Waals surface area contributed by atoms with Gasteiger partial charge in [0.15, 0.2) is 0 Å². The van der Waals surface area contributed by atoms with Crippen molar-refractivity contribution < 1.29 is 4.42 Å². The second-order valence-electron chi connectivity index (χ2n) is 11.6. The van der Waals surface area contributed by atoms with Gasteiger partial charge in [0.2, 0.25) is 0 Å². The van der Waals surface area contributed by atoms with E-state index in [1.807, 2.05) is 17.4 Å². The number of rotatable bonds is 3. The van der Waals surface area contributed by atoms with Crippen molar-refractivity contribution in [1.29, 1.82) is 0 Å². The molecule has 0 spiro atoms. The number of hydrogen-bond donors (Lipinski definition) is 0. The van der Waals surface area contributed by atoms with Gasteiger partial charge < -0.3 is 8.98 Å². The highest BCUT2D eigenvalue weighted by molar-refractivity contribution is 7.27. The van der Waals surface area contributed by atoms with Crippen LogP contribution in [0.25, 0.3) is 91.9 Å². The Kier molecular flexibility index (Phi) is 5.19. The Morgan fingerprint density at radius 3 is 1.80 bits per heavy atom. The maximum absolute atomic E-state index is 6.34. The molecule has 0 saturated carbocycles. The third-order valence-corrected chi connectivity index (χ3v) is 10.5. The summed E-state index contributed by atoms with van der Waals surface area (Å²) in [7, 11) is 0. The Hall–Kier alpha value is -5.64. The highest BCUT2D eigenvalue weighted by Gasteiger charge is 2.22. The molecule has 0 bridgehead atoms. The van der Waals surface area contributed by atoms with Gasteiger partial charge in [0.1, 0.15) is 11.2 Å². The SMILES string of the molecule is c1ccc(-c2ccc(-c3cccc4oc5ccccc5c34)c3c2sc2c(-n4c5ccccc5c5ccccc54)cccc23)cc1. The van der Waals surface area contributed by atoms with Gasteiger partial charge in [0.05, 0.1) is 21.4 Å². The van der Waals surface area contributed by atoms with Gasteiger partial charge in [-0.05, 0) is 52.6 Å². The molecule has 0 aliphatic carbocycles. The molecule has 3 aromatic heterocycles. The summed E-state index contributed by atoms with van der Waals surface area (Å²) in [4.78, 5) is 0. The van der Waals surface area contributed by atoms with Crippen LogP contribution in [0.15, 0.2) is 156 Å². The van der Waals surface area contributed by atoms with Gasteiger partial charge in [0, 0.05) is 37.0 Å². The standard InChI is InChI=1S/C42H25NOS/c1-2-12-26(13-3-1)27-24-25-31(30-17-11-23-38-39(30)32-16-6-9-22-37(32)44-38)40-33-18-10-21-36(41(33)45-42(27)40)43-34-19-7-4-14-28(34)29-15-5-8-20-35(29)43/h1-25H. The van der Waals surface area contributed by atoms with E-state index in [1.54, 1.807) is 0 Å². The first kappa shape index (κ1) is 24.8. The molecule has 2 nitrogen and oxygen atoms in total. The summed E-state index contributed by atoms with van der Waals surface area (Å²) in [6, 6.07) is 54.6. The molecule has 45 heavy (non-hydrogen) atoms. The van der Waals surface area contributed by atoms with Gasteiger partial charge in [-0.25, -0.2) is 0 Å². The van der Waals surface area contributed by atoms with Crippen LogP contribution in [0.2, 0.25) is 0 Å². The summed E-state index contributed by atoms with van der Waals surface area (Å²) in [5, 5.41) is 7.42. The predicted octanol–water partition coefficient (Wildman–Crippen LogP) is 12.4. The van der Waals surface area contributed by atoms with Gasteiger partial charge in [-0.15, -0.1) is 11.3 Å². The van der Waals surface area contributed by atoms with E-state index in [2.05, 4.69) is 150 Å². The molecule has 0 saturated heterocycles. The van der Waals surface area contributed by atoms with Crippen molar-refractivity contribution in [3.8, 4) is 27.9 Å². The van der Waals surface area contributed by atoms with E-state index < -0.39 is 0 Å². The van der Waals surface area contributed by atoms with Crippen LogP contribution in [0.3, 0.4) is 0 Å². The normalized spacial score (nSPS) is 12.0. The van der Waals surface area contributed by atoms with E-state index in [-0.39, 0.29) is 0 Å². The number of hydrogen-bond acceptors (Lipinski definition) is 2. The van der Waals surface area contributed by atoms with E-state index >= 15 is 0 Å². The van der Waals surface area contributed by atoms with Crippen LogP contribution < -0.4 is 0 Å². The average Bonchev–Trinajstić information content (AvgIpc) is 3.78. The molecule has 3 heteroatoms. The molecule has 10 rings (SSSR count). The molecule has 210 valence electrons. The number of thiophene rings is 1. The second-order valence-corrected chi connectivity index (χ2v) is 12.7. The minimum atomic E-state index is 0.916. The quantitative estimate of drug-likeness (QED) is 0.200. The van der Waals surface area contributed by atoms with E-state index in [1.165, 1.54) is 75.3 Å². The third kappa shape index (κ3) is 3.50. The van der Waals surface area contributed by atoms with Crippen LogP contribution in [0.4, 0.5) is 0 Å². The minimum absolute atomic E-state index is 0.916. The molecule has 0 atom stereocenters. The van der Waals surface area contributed by atoms with Crippen molar-refractivity contribution in [1.82, 2.24) is 4.57 Å². The number of nitrogens with zero attached hydrogens (tertiary/aromatic N) is 1. The topological polar surface area (TPSA) is 18.1 Å². The zero-order chi connectivity index (χ0) is 29.5. The Morgan fingerprint density at radius 2 is 1.00 bits per heavy atom. The monoisotopic (exact) mass is 591 g/mol. The van der Waals surface area contributed by atoms with E-state index in [0.717, 1.165) is 16.6 Å². The Bertz CT molecular complexity index is 2710. The molecule has 0 radical (unpaired) electrons. The molecule has 10 aromatic rings. The van der Waals surface area contributed by atoms with E-state index in [4.69, 9.17) is 4.42 Å². The van der Waals surface area contributed by atoms with E-state index in [0.29, 0.717) is 0 Å².